The Morgan fingerprint density at radius 2 is 2.27 bits per heavy atom. The summed E-state index contributed by atoms with van der Waals surface area (Å²) in [5.41, 5.74) is 1.95. The van der Waals surface area contributed by atoms with Gasteiger partial charge in [-0.15, -0.1) is 0 Å². The molecule has 1 N–H and O–H groups in total. The lowest BCUT2D eigenvalue weighted by Gasteiger charge is -2.00. The Morgan fingerprint density at radius 1 is 1.55 bits per heavy atom. The highest BCUT2D eigenvalue weighted by molar-refractivity contribution is 9.09. The van der Waals surface area contributed by atoms with Crippen molar-refractivity contribution in [2.75, 3.05) is 5.33 Å². The smallest absolute Gasteiger partial charge is 0.116 e. The molecule has 0 radical (unpaired) electrons. The van der Waals surface area contributed by atoms with E-state index in [4.69, 9.17) is 5.11 Å². The molecule has 0 spiro atoms. The minimum absolute atomic E-state index is 0.282. The van der Waals surface area contributed by atoms with Crippen LogP contribution in [0.25, 0.3) is 5.57 Å². The summed E-state index contributed by atoms with van der Waals surface area (Å²) in [5.74, 6) is 0.282. The number of hydrogen-bond donors (Lipinski definition) is 1. The number of phenolic OH excluding ortho intramolecular Hbond substituents is 1. The second kappa shape index (κ2) is 3.58. The molecule has 2 heteroatoms. The molecule has 0 amide bonds. The number of alkyl halides is 1. The summed E-state index contributed by atoms with van der Waals surface area (Å²) in [5, 5.41) is 9.83. The Balaban J connectivity index is 2.96. The maximum absolute atomic E-state index is 9.10. The Labute approximate surface area is 74.5 Å². The van der Waals surface area contributed by atoms with Crippen LogP contribution in [0.3, 0.4) is 0 Å². The van der Waals surface area contributed by atoms with Crippen LogP contribution in [-0.2, 0) is 0 Å². The number of phenols is 1. The third kappa shape index (κ3) is 2.09. The summed E-state index contributed by atoms with van der Waals surface area (Å²) in [6.45, 7) is 3.83. The third-order valence-corrected chi connectivity index (χ3v) is 2.09. The van der Waals surface area contributed by atoms with Gasteiger partial charge in [-0.3, -0.25) is 0 Å². The van der Waals surface area contributed by atoms with E-state index in [0.29, 0.717) is 0 Å². The highest BCUT2D eigenvalue weighted by atomic mass is 79.9. The molecule has 0 saturated carbocycles. The van der Waals surface area contributed by atoms with Crippen molar-refractivity contribution < 1.29 is 5.11 Å². The molecule has 1 aromatic carbocycles. The van der Waals surface area contributed by atoms with Gasteiger partial charge in [0.2, 0.25) is 0 Å². The first kappa shape index (κ1) is 8.34. The monoisotopic (exact) mass is 212 g/mol. The van der Waals surface area contributed by atoms with E-state index in [1.54, 1.807) is 18.2 Å². The Morgan fingerprint density at radius 3 is 2.82 bits per heavy atom. The van der Waals surface area contributed by atoms with Crippen LogP contribution in [0.2, 0.25) is 0 Å². The van der Waals surface area contributed by atoms with Crippen molar-refractivity contribution in [1.29, 1.82) is 0 Å². The Bertz CT molecular complexity index is 268. The van der Waals surface area contributed by atoms with Crippen molar-refractivity contribution in [2.45, 2.75) is 0 Å². The van der Waals surface area contributed by atoms with Gasteiger partial charge in [-0.25, -0.2) is 0 Å². The number of halogens is 1. The van der Waals surface area contributed by atoms with Gasteiger partial charge in [0.25, 0.3) is 0 Å². The fourth-order valence-corrected chi connectivity index (χ4v) is 1.13. The van der Waals surface area contributed by atoms with Crippen LogP contribution >= 0.6 is 15.9 Å². The molecule has 0 unspecified atom stereocenters. The largest absolute Gasteiger partial charge is 0.508 e. The molecule has 0 aromatic heterocycles. The third-order valence-electron chi connectivity index (χ3n) is 1.42. The minimum atomic E-state index is 0.282. The van der Waals surface area contributed by atoms with Gasteiger partial charge in [-0.05, 0) is 23.3 Å². The van der Waals surface area contributed by atoms with Crippen molar-refractivity contribution >= 4 is 21.5 Å². The first-order chi connectivity index (χ1) is 5.24. The number of aromatic hydroxyl groups is 1. The standard InChI is InChI=1S/C9H9BrO/c1-7(6-10)8-3-2-4-9(11)5-8/h2-5,11H,1,6H2. The summed E-state index contributed by atoms with van der Waals surface area (Å²) in [7, 11) is 0. The Kier molecular flexibility index (Phi) is 2.71. The van der Waals surface area contributed by atoms with Gasteiger partial charge in [0.15, 0.2) is 0 Å². The van der Waals surface area contributed by atoms with E-state index < -0.39 is 0 Å². The van der Waals surface area contributed by atoms with E-state index in [-0.39, 0.29) is 5.75 Å². The van der Waals surface area contributed by atoms with Gasteiger partial charge in [-0.1, -0.05) is 34.6 Å². The summed E-state index contributed by atoms with van der Waals surface area (Å²) < 4.78 is 0. The molecule has 58 valence electrons. The van der Waals surface area contributed by atoms with Crippen molar-refractivity contribution in [1.82, 2.24) is 0 Å². The predicted octanol–water partition coefficient (Wildman–Crippen LogP) is 2.80. The summed E-state index contributed by atoms with van der Waals surface area (Å²) in [6, 6.07) is 7.07. The average Bonchev–Trinajstić information content (AvgIpc) is 2.03. The molecule has 0 atom stereocenters. The predicted molar refractivity (Wildman–Crippen MR) is 50.9 cm³/mol. The molecule has 0 aliphatic rings. The molecule has 0 fully saturated rings. The zero-order valence-corrected chi connectivity index (χ0v) is 7.63. The fraction of sp³-hybridized carbons (Fsp3) is 0.111. The Hall–Kier alpha value is -0.760. The second-order valence-corrected chi connectivity index (χ2v) is 2.85. The van der Waals surface area contributed by atoms with E-state index in [0.717, 1.165) is 16.5 Å². The summed E-state index contributed by atoms with van der Waals surface area (Å²) in [4.78, 5) is 0. The SMILES string of the molecule is C=C(CBr)c1cccc(O)c1. The van der Waals surface area contributed by atoms with Crippen LogP contribution in [0.1, 0.15) is 5.56 Å². The molecule has 0 saturated heterocycles. The zero-order valence-electron chi connectivity index (χ0n) is 6.05. The van der Waals surface area contributed by atoms with Crippen molar-refractivity contribution in [2.24, 2.45) is 0 Å². The highest BCUT2D eigenvalue weighted by Gasteiger charge is 1.96. The lowest BCUT2D eigenvalue weighted by Crippen LogP contribution is -1.81. The second-order valence-electron chi connectivity index (χ2n) is 2.29. The van der Waals surface area contributed by atoms with Crippen LogP contribution in [-0.4, -0.2) is 10.4 Å². The molecule has 11 heavy (non-hydrogen) atoms. The normalized spacial score (nSPS) is 9.55. The van der Waals surface area contributed by atoms with Crippen LogP contribution in [0.4, 0.5) is 0 Å². The van der Waals surface area contributed by atoms with Gasteiger partial charge in [0, 0.05) is 5.33 Å². The lowest BCUT2D eigenvalue weighted by molar-refractivity contribution is 0.475. The molecular weight excluding hydrogens is 204 g/mol. The molecule has 1 rings (SSSR count). The first-order valence-corrected chi connectivity index (χ1v) is 4.39. The van der Waals surface area contributed by atoms with E-state index >= 15 is 0 Å². The van der Waals surface area contributed by atoms with E-state index in [1.165, 1.54) is 0 Å². The highest BCUT2D eigenvalue weighted by Crippen LogP contribution is 2.18. The number of hydrogen-bond acceptors (Lipinski definition) is 1. The van der Waals surface area contributed by atoms with Crippen LogP contribution in [0, 0.1) is 0 Å². The average molecular weight is 213 g/mol. The first-order valence-electron chi connectivity index (χ1n) is 3.27. The van der Waals surface area contributed by atoms with E-state index in [2.05, 4.69) is 22.5 Å². The maximum atomic E-state index is 9.10. The summed E-state index contributed by atoms with van der Waals surface area (Å²) in [6.07, 6.45) is 0. The van der Waals surface area contributed by atoms with Crippen molar-refractivity contribution in [3.05, 3.63) is 36.4 Å². The van der Waals surface area contributed by atoms with Gasteiger partial charge in [0.1, 0.15) is 5.75 Å². The van der Waals surface area contributed by atoms with Crippen molar-refractivity contribution in [3.8, 4) is 5.75 Å². The molecule has 1 aromatic rings. The fourth-order valence-electron chi connectivity index (χ4n) is 0.803. The van der Waals surface area contributed by atoms with Gasteiger partial charge in [0.05, 0.1) is 0 Å². The molecule has 0 heterocycles. The number of rotatable bonds is 2. The number of allylic oxidation sites excluding steroid dienone is 1. The molecule has 1 nitrogen and oxygen atoms in total. The molecule has 0 aliphatic heterocycles. The maximum Gasteiger partial charge on any atom is 0.116 e. The molecule has 0 bridgehead atoms. The van der Waals surface area contributed by atoms with Gasteiger partial charge < -0.3 is 5.11 Å². The van der Waals surface area contributed by atoms with E-state index in [9.17, 15) is 0 Å². The lowest BCUT2D eigenvalue weighted by atomic mass is 10.1. The quantitative estimate of drug-likeness (QED) is 0.749. The van der Waals surface area contributed by atoms with E-state index in [1.807, 2.05) is 6.07 Å². The summed E-state index contributed by atoms with van der Waals surface area (Å²) >= 11 is 3.29. The van der Waals surface area contributed by atoms with Crippen LogP contribution in [0.5, 0.6) is 5.75 Å². The topological polar surface area (TPSA) is 20.2 Å². The molecular formula is C9H9BrO. The van der Waals surface area contributed by atoms with Crippen LogP contribution in [0.15, 0.2) is 30.8 Å². The molecule has 0 aliphatic carbocycles. The van der Waals surface area contributed by atoms with Crippen LogP contribution < -0.4 is 0 Å². The number of benzene rings is 1. The zero-order chi connectivity index (χ0) is 8.27. The van der Waals surface area contributed by atoms with Gasteiger partial charge in [-0.2, -0.15) is 0 Å². The van der Waals surface area contributed by atoms with Gasteiger partial charge >= 0.3 is 0 Å². The minimum Gasteiger partial charge on any atom is -0.508 e. The van der Waals surface area contributed by atoms with Crippen molar-refractivity contribution in [3.63, 3.8) is 0 Å².